The zero-order chi connectivity index (χ0) is 14.9. The average Bonchev–Trinajstić information content (AvgIpc) is 2.85. The first kappa shape index (κ1) is 14.6. The first-order chi connectivity index (χ1) is 10.1. The fraction of sp³-hybridized carbons (Fsp3) is 0.562. The predicted molar refractivity (Wildman–Crippen MR) is 79.8 cm³/mol. The van der Waals surface area contributed by atoms with Gasteiger partial charge in [-0.1, -0.05) is 24.3 Å². The highest BCUT2D eigenvalue weighted by molar-refractivity contribution is 7.91. The second kappa shape index (κ2) is 5.79. The summed E-state index contributed by atoms with van der Waals surface area (Å²) in [6.45, 7) is 0.367. The zero-order valence-electron chi connectivity index (χ0n) is 12.0. The molecule has 4 nitrogen and oxygen atoms in total. The highest BCUT2D eigenvalue weighted by atomic mass is 32.2. The fourth-order valence-corrected chi connectivity index (χ4v) is 5.04. The van der Waals surface area contributed by atoms with Crippen molar-refractivity contribution in [2.75, 3.05) is 18.1 Å². The topological polar surface area (TPSA) is 60.4 Å². The molecule has 0 aromatic heterocycles. The van der Waals surface area contributed by atoms with Crippen molar-refractivity contribution in [1.29, 1.82) is 0 Å². The standard InChI is InChI=1S/C16H20O4S/c17-16(14-8-9-21(18,19)11-14)20-10-13-6-3-5-12-4-1-2-7-15(12)13/h1-2,4,7,13-14H,3,5-6,8-11H2. The molecule has 0 amide bonds. The van der Waals surface area contributed by atoms with Gasteiger partial charge >= 0.3 is 5.97 Å². The Morgan fingerprint density at radius 3 is 2.81 bits per heavy atom. The molecule has 114 valence electrons. The summed E-state index contributed by atoms with van der Waals surface area (Å²) in [6.07, 6.45) is 3.62. The Kier molecular flexibility index (Phi) is 4.02. The van der Waals surface area contributed by atoms with Gasteiger partial charge in [0.1, 0.15) is 0 Å². The molecule has 0 spiro atoms. The largest absolute Gasteiger partial charge is 0.465 e. The molecule has 1 aliphatic carbocycles. The summed E-state index contributed by atoms with van der Waals surface area (Å²) < 4.78 is 28.2. The van der Waals surface area contributed by atoms with Crippen LogP contribution in [0.25, 0.3) is 0 Å². The molecule has 0 bridgehead atoms. The van der Waals surface area contributed by atoms with E-state index < -0.39 is 15.8 Å². The van der Waals surface area contributed by atoms with E-state index in [1.165, 1.54) is 11.1 Å². The summed E-state index contributed by atoms with van der Waals surface area (Å²) in [5.74, 6) is -0.503. The Morgan fingerprint density at radius 2 is 2.05 bits per heavy atom. The SMILES string of the molecule is O=C(OCC1CCCc2ccccc21)C1CCS(=O)(=O)C1. The van der Waals surface area contributed by atoms with Crippen molar-refractivity contribution in [3.8, 4) is 0 Å². The number of hydrogen-bond donors (Lipinski definition) is 0. The molecule has 3 rings (SSSR count). The molecule has 21 heavy (non-hydrogen) atoms. The molecular formula is C16H20O4S. The number of carbonyl (C=O) groups excluding carboxylic acids is 1. The number of aryl methyl sites for hydroxylation is 1. The van der Waals surface area contributed by atoms with Gasteiger partial charge in [0.25, 0.3) is 0 Å². The van der Waals surface area contributed by atoms with Crippen LogP contribution >= 0.6 is 0 Å². The molecule has 0 N–H and O–H groups in total. The van der Waals surface area contributed by atoms with Gasteiger partial charge in [-0.3, -0.25) is 4.79 Å². The summed E-state index contributed by atoms with van der Waals surface area (Å²) in [7, 11) is -3.03. The Hall–Kier alpha value is -1.36. The Balaban J connectivity index is 1.60. The van der Waals surface area contributed by atoms with Crippen molar-refractivity contribution < 1.29 is 17.9 Å². The van der Waals surface area contributed by atoms with Crippen LogP contribution in [0.15, 0.2) is 24.3 Å². The monoisotopic (exact) mass is 308 g/mol. The molecule has 0 radical (unpaired) electrons. The number of ether oxygens (including phenoxy) is 1. The van der Waals surface area contributed by atoms with Crippen LogP contribution in [-0.4, -0.2) is 32.5 Å². The van der Waals surface area contributed by atoms with Crippen LogP contribution in [0.1, 0.15) is 36.3 Å². The third kappa shape index (κ3) is 3.28. The molecule has 2 unspecified atom stereocenters. The summed E-state index contributed by atoms with van der Waals surface area (Å²) in [5.41, 5.74) is 2.61. The van der Waals surface area contributed by atoms with Crippen LogP contribution in [0, 0.1) is 5.92 Å². The predicted octanol–water partition coefficient (Wildman–Crippen LogP) is 2.08. The maximum Gasteiger partial charge on any atom is 0.310 e. The summed E-state index contributed by atoms with van der Waals surface area (Å²) >= 11 is 0. The third-order valence-corrected chi connectivity index (χ3v) is 6.25. The first-order valence-electron chi connectivity index (χ1n) is 7.50. The summed E-state index contributed by atoms with van der Waals surface area (Å²) in [6, 6.07) is 8.29. The van der Waals surface area contributed by atoms with Gasteiger partial charge in [-0.05, 0) is 36.8 Å². The lowest BCUT2D eigenvalue weighted by Crippen LogP contribution is -2.23. The van der Waals surface area contributed by atoms with Gasteiger partial charge in [0.05, 0.1) is 24.0 Å². The van der Waals surface area contributed by atoms with Crippen molar-refractivity contribution >= 4 is 15.8 Å². The number of hydrogen-bond acceptors (Lipinski definition) is 4. The number of benzene rings is 1. The number of sulfone groups is 1. The van der Waals surface area contributed by atoms with E-state index in [0.29, 0.717) is 13.0 Å². The normalized spacial score (nSPS) is 27.0. The van der Waals surface area contributed by atoms with Gasteiger partial charge < -0.3 is 4.74 Å². The van der Waals surface area contributed by atoms with E-state index in [-0.39, 0.29) is 23.4 Å². The van der Waals surface area contributed by atoms with Gasteiger partial charge in [0.2, 0.25) is 0 Å². The van der Waals surface area contributed by atoms with Crippen LogP contribution in [0.4, 0.5) is 0 Å². The van der Waals surface area contributed by atoms with Gasteiger partial charge in [-0.25, -0.2) is 8.42 Å². The molecule has 1 heterocycles. The number of fused-ring (bicyclic) bond motifs is 1. The highest BCUT2D eigenvalue weighted by Crippen LogP contribution is 2.32. The van der Waals surface area contributed by atoms with E-state index in [0.717, 1.165) is 19.3 Å². The zero-order valence-corrected chi connectivity index (χ0v) is 12.8. The fourth-order valence-electron chi connectivity index (χ4n) is 3.31. The first-order valence-corrected chi connectivity index (χ1v) is 9.32. The van der Waals surface area contributed by atoms with E-state index in [2.05, 4.69) is 12.1 Å². The van der Waals surface area contributed by atoms with Crippen molar-refractivity contribution in [2.45, 2.75) is 31.6 Å². The number of carbonyl (C=O) groups is 1. The Morgan fingerprint density at radius 1 is 1.24 bits per heavy atom. The number of rotatable bonds is 3. The van der Waals surface area contributed by atoms with Crippen molar-refractivity contribution in [3.63, 3.8) is 0 Å². The second-order valence-electron chi connectivity index (χ2n) is 6.02. The van der Waals surface area contributed by atoms with Gasteiger partial charge in [0, 0.05) is 5.92 Å². The Bertz CT molecular complexity index is 635. The average molecular weight is 308 g/mol. The minimum absolute atomic E-state index is 0.0485. The van der Waals surface area contributed by atoms with Crippen molar-refractivity contribution in [3.05, 3.63) is 35.4 Å². The maximum atomic E-state index is 12.0. The summed E-state index contributed by atoms with van der Waals surface area (Å²) in [4.78, 5) is 12.0. The smallest absolute Gasteiger partial charge is 0.310 e. The van der Waals surface area contributed by atoms with E-state index >= 15 is 0 Å². The lowest BCUT2D eigenvalue weighted by Gasteiger charge is -2.25. The van der Waals surface area contributed by atoms with E-state index in [1.54, 1.807) is 0 Å². The van der Waals surface area contributed by atoms with Crippen LogP contribution in [0.2, 0.25) is 0 Å². The highest BCUT2D eigenvalue weighted by Gasteiger charge is 2.34. The molecule has 5 heteroatoms. The van der Waals surface area contributed by atoms with Crippen LogP contribution < -0.4 is 0 Å². The van der Waals surface area contributed by atoms with E-state index in [9.17, 15) is 13.2 Å². The maximum absolute atomic E-state index is 12.0. The molecule has 1 aromatic carbocycles. The van der Waals surface area contributed by atoms with E-state index in [4.69, 9.17) is 4.74 Å². The van der Waals surface area contributed by atoms with Gasteiger partial charge in [-0.15, -0.1) is 0 Å². The summed E-state index contributed by atoms with van der Waals surface area (Å²) in [5, 5.41) is 0. The van der Waals surface area contributed by atoms with Crippen LogP contribution in [-0.2, 0) is 25.8 Å². The third-order valence-electron chi connectivity index (χ3n) is 4.49. The van der Waals surface area contributed by atoms with Crippen LogP contribution in [0.3, 0.4) is 0 Å². The van der Waals surface area contributed by atoms with Gasteiger partial charge in [-0.2, -0.15) is 0 Å². The van der Waals surface area contributed by atoms with Crippen molar-refractivity contribution in [1.82, 2.24) is 0 Å². The van der Waals surface area contributed by atoms with Crippen molar-refractivity contribution in [2.24, 2.45) is 5.92 Å². The molecule has 1 saturated heterocycles. The molecular weight excluding hydrogens is 288 g/mol. The van der Waals surface area contributed by atoms with Crippen LogP contribution in [0.5, 0.6) is 0 Å². The second-order valence-corrected chi connectivity index (χ2v) is 8.25. The molecule has 2 atom stereocenters. The minimum Gasteiger partial charge on any atom is -0.465 e. The molecule has 1 aromatic rings. The Labute approximate surface area is 125 Å². The molecule has 0 saturated carbocycles. The lowest BCUT2D eigenvalue weighted by molar-refractivity contribution is -0.148. The minimum atomic E-state index is -3.03. The quantitative estimate of drug-likeness (QED) is 0.802. The molecule has 1 fully saturated rings. The van der Waals surface area contributed by atoms with Gasteiger partial charge in [0.15, 0.2) is 9.84 Å². The van der Waals surface area contributed by atoms with E-state index in [1.807, 2.05) is 12.1 Å². The molecule has 1 aliphatic heterocycles. The molecule has 2 aliphatic rings. The lowest BCUT2D eigenvalue weighted by atomic mass is 9.83. The number of esters is 1.